The lowest BCUT2D eigenvalue weighted by Crippen LogP contribution is -2.05. The van der Waals surface area contributed by atoms with E-state index in [0.29, 0.717) is 23.1 Å². The Bertz CT molecular complexity index is 720. The van der Waals surface area contributed by atoms with E-state index in [0.717, 1.165) is 11.1 Å². The van der Waals surface area contributed by atoms with E-state index in [-0.39, 0.29) is 0 Å². The van der Waals surface area contributed by atoms with E-state index < -0.39 is 0 Å². The summed E-state index contributed by atoms with van der Waals surface area (Å²) in [5, 5.41) is 12.5. The predicted octanol–water partition coefficient (Wildman–Crippen LogP) is 2.62. The van der Waals surface area contributed by atoms with Crippen molar-refractivity contribution in [1.29, 1.82) is 0 Å². The second kappa shape index (κ2) is 5.30. The topological polar surface area (TPSA) is 69.6 Å². The molecule has 0 amide bonds. The van der Waals surface area contributed by atoms with Gasteiger partial charge in [0.15, 0.2) is 5.82 Å². The molecule has 0 spiro atoms. The van der Waals surface area contributed by atoms with Gasteiger partial charge in [0.25, 0.3) is 0 Å². The Hall–Kier alpha value is -2.40. The van der Waals surface area contributed by atoms with Gasteiger partial charge in [0, 0.05) is 16.3 Å². The Morgan fingerprint density at radius 2 is 1.80 bits per heavy atom. The molecule has 2 N–H and O–H groups in total. The van der Waals surface area contributed by atoms with Crippen molar-refractivity contribution in [2.75, 3.05) is 5.73 Å². The van der Waals surface area contributed by atoms with Gasteiger partial charge in [-0.05, 0) is 40.3 Å². The molecule has 0 aliphatic rings. The van der Waals surface area contributed by atoms with Crippen LogP contribution < -0.4 is 5.73 Å². The lowest BCUT2D eigenvalue weighted by Gasteiger charge is -2.07. The number of anilines is 1. The molecule has 0 fully saturated rings. The molecule has 0 saturated carbocycles. The molecule has 5 nitrogen and oxygen atoms in total. The minimum absolute atomic E-state index is 0.563. The van der Waals surface area contributed by atoms with Gasteiger partial charge >= 0.3 is 0 Å². The molecule has 0 saturated heterocycles. The molecular weight excluding hydrogens is 274 g/mol. The van der Waals surface area contributed by atoms with Crippen LogP contribution in [0.1, 0.15) is 5.56 Å². The van der Waals surface area contributed by atoms with Crippen LogP contribution in [0.5, 0.6) is 0 Å². The summed E-state index contributed by atoms with van der Waals surface area (Å²) in [4.78, 5) is 0. The highest BCUT2D eigenvalue weighted by Gasteiger charge is 2.11. The number of nitrogen functional groups attached to an aromatic ring is 1. The number of hydrogen-bond acceptors (Lipinski definition) is 4. The number of aromatic nitrogens is 4. The molecule has 2 aromatic carbocycles. The quantitative estimate of drug-likeness (QED) is 0.751. The van der Waals surface area contributed by atoms with Crippen LogP contribution >= 0.6 is 11.6 Å². The first-order chi connectivity index (χ1) is 9.74. The molecule has 3 rings (SSSR count). The fourth-order valence-electron chi connectivity index (χ4n) is 1.97. The van der Waals surface area contributed by atoms with Gasteiger partial charge in [-0.2, -0.15) is 0 Å². The molecule has 6 heteroatoms. The molecule has 1 heterocycles. The van der Waals surface area contributed by atoms with E-state index in [4.69, 9.17) is 17.3 Å². The van der Waals surface area contributed by atoms with Crippen molar-refractivity contribution in [3.63, 3.8) is 0 Å². The third kappa shape index (κ3) is 2.48. The summed E-state index contributed by atoms with van der Waals surface area (Å²) in [5.74, 6) is 0.651. The molecule has 0 radical (unpaired) electrons. The zero-order chi connectivity index (χ0) is 13.9. The SMILES string of the molecule is Nc1ccccc1-c1nnnn1Cc1ccc(Cl)cc1. The van der Waals surface area contributed by atoms with Gasteiger partial charge in [-0.25, -0.2) is 4.68 Å². The zero-order valence-corrected chi connectivity index (χ0v) is 11.3. The van der Waals surface area contributed by atoms with Crippen LogP contribution in [0.25, 0.3) is 11.4 Å². The first kappa shape index (κ1) is 12.6. The summed E-state index contributed by atoms with van der Waals surface area (Å²) in [6, 6.07) is 15.1. The molecule has 3 aromatic rings. The monoisotopic (exact) mass is 285 g/mol. The molecule has 1 aromatic heterocycles. The summed E-state index contributed by atoms with van der Waals surface area (Å²) in [6.45, 7) is 0.563. The number of nitrogens with zero attached hydrogens (tertiary/aromatic N) is 4. The average molecular weight is 286 g/mol. The Balaban J connectivity index is 1.95. The van der Waals surface area contributed by atoms with E-state index >= 15 is 0 Å². The fraction of sp³-hybridized carbons (Fsp3) is 0.0714. The van der Waals surface area contributed by atoms with Crippen molar-refractivity contribution in [2.45, 2.75) is 6.54 Å². The molecule has 0 aliphatic carbocycles. The third-order valence-corrected chi connectivity index (χ3v) is 3.23. The van der Waals surface area contributed by atoms with Crippen LogP contribution in [-0.4, -0.2) is 20.2 Å². The highest BCUT2D eigenvalue weighted by atomic mass is 35.5. The van der Waals surface area contributed by atoms with Crippen molar-refractivity contribution < 1.29 is 0 Å². The predicted molar refractivity (Wildman–Crippen MR) is 78.2 cm³/mol. The first-order valence-corrected chi connectivity index (χ1v) is 6.47. The summed E-state index contributed by atoms with van der Waals surface area (Å²) in [5.41, 5.74) is 8.51. The molecule has 0 bridgehead atoms. The van der Waals surface area contributed by atoms with Crippen LogP contribution in [0.2, 0.25) is 5.02 Å². The molecule has 0 atom stereocenters. The maximum Gasteiger partial charge on any atom is 0.184 e. The maximum absolute atomic E-state index is 5.97. The van der Waals surface area contributed by atoms with Crippen LogP contribution in [0.4, 0.5) is 5.69 Å². The van der Waals surface area contributed by atoms with Gasteiger partial charge in [0.05, 0.1) is 6.54 Å². The summed E-state index contributed by atoms with van der Waals surface area (Å²) >= 11 is 5.88. The van der Waals surface area contributed by atoms with Crippen molar-refractivity contribution in [2.24, 2.45) is 0 Å². The largest absolute Gasteiger partial charge is 0.398 e. The second-order valence-corrected chi connectivity index (χ2v) is 4.81. The lowest BCUT2D eigenvalue weighted by molar-refractivity contribution is 0.653. The minimum atomic E-state index is 0.563. The number of nitrogens with two attached hydrogens (primary N) is 1. The Labute approximate surface area is 121 Å². The standard InChI is InChI=1S/C14H12ClN5/c15-11-7-5-10(6-8-11)9-20-14(17-18-19-20)12-3-1-2-4-13(12)16/h1-8H,9,16H2. The Morgan fingerprint density at radius 3 is 2.55 bits per heavy atom. The Kier molecular flexibility index (Phi) is 3.35. The van der Waals surface area contributed by atoms with Crippen molar-refractivity contribution in [3.8, 4) is 11.4 Å². The van der Waals surface area contributed by atoms with E-state index in [2.05, 4.69) is 15.5 Å². The smallest absolute Gasteiger partial charge is 0.184 e. The van der Waals surface area contributed by atoms with E-state index in [9.17, 15) is 0 Å². The van der Waals surface area contributed by atoms with Crippen molar-refractivity contribution in [1.82, 2.24) is 20.2 Å². The molecule has 0 unspecified atom stereocenters. The number of para-hydroxylation sites is 1. The second-order valence-electron chi connectivity index (χ2n) is 4.37. The summed E-state index contributed by atoms with van der Waals surface area (Å²) in [6.07, 6.45) is 0. The highest BCUT2D eigenvalue weighted by molar-refractivity contribution is 6.30. The van der Waals surface area contributed by atoms with E-state index in [1.807, 2.05) is 48.5 Å². The molecule has 20 heavy (non-hydrogen) atoms. The van der Waals surface area contributed by atoms with E-state index in [1.165, 1.54) is 0 Å². The van der Waals surface area contributed by atoms with Gasteiger partial charge in [0.1, 0.15) is 0 Å². The van der Waals surface area contributed by atoms with E-state index in [1.54, 1.807) is 4.68 Å². The first-order valence-electron chi connectivity index (χ1n) is 6.09. The molecule has 0 aliphatic heterocycles. The highest BCUT2D eigenvalue weighted by Crippen LogP contribution is 2.23. The van der Waals surface area contributed by atoms with Gasteiger partial charge in [0.2, 0.25) is 0 Å². The summed E-state index contributed by atoms with van der Waals surface area (Å²) < 4.78 is 1.72. The van der Waals surface area contributed by atoms with Crippen molar-refractivity contribution >= 4 is 17.3 Å². The van der Waals surface area contributed by atoms with Gasteiger partial charge in [-0.15, -0.1) is 5.10 Å². The number of rotatable bonds is 3. The number of tetrazole rings is 1. The van der Waals surface area contributed by atoms with Gasteiger partial charge in [-0.3, -0.25) is 0 Å². The summed E-state index contributed by atoms with van der Waals surface area (Å²) in [7, 11) is 0. The van der Waals surface area contributed by atoms with Gasteiger partial charge in [-0.1, -0.05) is 35.9 Å². The van der Waals surface area contributed by atoms with Crippen LogP contribution in [0.3, 0.4) is 0 Å². The Morgan fingerprint density at radius 1 is 1.05 bits per heavy atom. The van der Waals surface area contributed by atoms with Crippen LogP contribution in [-0.2, 0) is 6.54 Å². The van der Waals surface area contributed by atoms with Gasteiger partial charge < -0.3 is 5.73 Å². The molecule has 100 valence electrons. The fourth-order valence-corrected chi connectivity index (χ4v) is 2.09. The maximum atomic E-state index is 5.97. The van der Waals surface area contributed by atoms with Crippen LogP contribution in [0, 0.1) is 0 Å². The van der Waals surface area contributed by atoms with Crippen LogP contribution in [0.15, 0.2) is 48.5 Å². The lowest BCUT2D eigenvalue weighted by atomic mass is 10.1. The van der Waals surface area contributed by atoms with Crippen molar-refractivity contribution in [3.05, 3.63) is 59.1 Å². The molecular formula is C14H12ClN5. The number of halogens is 1. The third-order valence-electron chi connectivity index (χ3n) is 2.98. The number of hydrogen-bond donors (Lipinski definition) is 1. The average Bonchev–Trinajstić information content (AvgIpc) is 2.90. The minimum Gasteiger partial charge on any atom is -0.398 e. The number of benzene rings is 2. The normalized spacial score (nSPS) is 10.7. The zero-order valence-electron chi connectivity index (χ0n) is 10.6.